The van der Waals surface area contributed by atoms with Crippen molar-refractivity contribution in [3.63, 3.8) is 0 Å². The van der Waals surface area contributed by atoms with Crippen LogP contribution in [0, 0.1) is 0 Å². The van der Waals surface area contributed by atoms with Crippen molar-refractivity contribution in [1.29, 1.82) is 0 Å². The van der Waals surface area contributed by atoms with Crippen LogP contribution in [0.3, 0.4) is 0 Å². The molecule has 0 unspecified atom stereocenters. The van der Waals surface area contributed by atoms with Gasteiger partial charge in [0.05, 0.1) is 6.04 Å². The summed E-state index contributed by atoms with van der Waals surface area (Å²) >= 11 is 0. The van der Waals surface area contributed by atoms with Gasteiger partial charge in [0, 0.05) is 30.5 Å². The van der Waals surface area contributed by atoms with Gasteiger partial charge in [0.25, 0.3) is 0 Å². The van der Waals surface area contributed by atoms with Crippen LogP contribution in [-0.2, 0) is 0 Å². The van der Waals surface area contributed by atoms with Gasteiger partial charge in [-0.05, 0) is 32.0 Å². The molecule has 0 saturated carbocycles. The Hall–Kier alpha value is -3.10. The summed E-state index contributed by atoms with van der Waals surface area (Å²) in [6.45, 7) is 5.08. The Bertz CT molecular complexity index is 747. The predicted molar refractivity (Wildman–Crippen MR) is 93.5 cm³/mol. The molecule has 132 valence electrons. The molecule has 0 bridgehead atoms. The first-order chi connectivity index (χ1) is 12.0. The van der Waals surface area contributed by atoms with Crippen LogP contribution in [0.1, 0.15) is 19.9 Å². The molecule has 3 rings (SSSR count). The molecule has 9 nitrogen and oxygen atoms in total. The number of aromatic nitrogens is 3. The van der Waals surface area contributed by atoms with Crippen LogP contribution in [0.25, 0.3) is 0 Å². The van der Waals surface area contributed by atoms with E-state index in [4.69, 9.17) is 0 Å². The number of hydrogen-bond donors (Lipinski definition) is 3. The molecule has 0 aliphatic carbocycles. The number of carbonyl (C=O) groups is 2. The fourth-order valence-corrected chi connectivity index (χ4v) is 2.62. The van der Waals surface area contributed by atoms with E-state index >= 15 is 0 Å². The molecular weight excluding hydrogens is 322 g/mol. The molecule has 1 aromatic carbocycles. The molecule has 4 amide bonds. The van der Waals surface area contributed by atoms with Gasteiger partial charge in [-0.3, -0.25) is 4.90 Å². The maximum absolute atomic E-state index is 12.2. The Morgan fingerprint density at radius 1 is 1.36 bits per heavy atom. The van der Waals surface area contributed by atoms with E-state index in [2.05, 4.69) is 26.0 Å². The smallest absolute Gasteiger partial charge is 0.321 e. The molecule has 25 heavy (non-hydrogen) atoms. The molecule has 3 N–H and O–H groups in total. The zero-order valence-electron chi connectivity index (χ0n) is 14.1. The van der Waals surface area contributed by atoms with Crippen molar-refractivity contribution in [3.8, 4) is 0 Å². The summed E-state index contributed by atoms with van der Waals surface area (Å²) in [7, 11) is 0. The molecule has 2 atom stereocenters. The summed E-state index contributed by atoms with van der Waals surface area (Å²) in [5, 5.41) is 12.5. The van der Waals surface area contributed by atoms with Gasteiger partial charge in [0.1, 0.15) is 12.7 Å². The highest BCUT2D eigenvalue weighted by Crippen LogP contribution is 2.21. The maximum Gasteiger partial charge on any atom is 0.321 e. The van der Waals surface area contributed by atoms with Gasteiger partial charge in [-0.15, -0.1) is 0 Å². The highest BCUT2D eigenvalue weighted by Gasteiger charge is 2.21. The number of rotatable bonds is 5. The van der Waals surface area contributed by atoms with E-state index < -0.39 is 0 Å². The third-order valence-electron chi connectivity index (χ3n) is 4.21. The first kappa shape index (κ1) is 16.7. The second-order valence-electron chi connectivity index (χ2n) is 5.94. The van der Waals surface area contributed by atoms with Crippen LogP contribution >= 0.6 is 0 Å². The summed E-state index contributed by atoms with van der Waals surface area (Å²) in [4.78, 5) is 29.5. The number of nitrogens with one attached hydrogen (secondary N) is 3. The van der Waals surface area contributed by atoms with E-state index in [1.165, 1.54) is 6.33 Å². The molecule has 1 fully saturated rings. The fourth-order valence-electron chi connectivity index (χ4n) is 2.62. The number of benzene rings is 1. The van der Waals surface area contributed by atoms with Gasteiger partial charge < -0.3 is 16.0 Å². The number of anilines is 2. The van der Waals surface area contributed by atoms with Crippen LogP contribution in [0.5, 0.6) is 0 Å². The minimum Gasteiger partial charge on any atom is -0.336 e. The van der Waals surface area contributed by atoms with Gasteiger partial charge in [-0.2, -0.15) is 5.10 Å². The van der Waals surface area contributed by atoms with Crippen molar-refractivity contribution < 1.29 is 9.59 Å². The van der Waals surface area contributed by atoms with Gasteiger partial charge >= 0.3 is 12.1 Å². The fraction of sp³-hybridized carbons (Fsp3) is 0.375. The molecule has 1 saturated heterocycles. The lowest BCUT2D eigenvalue weighted by molar-refractivity contribution is 0.244. The lowest BCUT2D eigenvalue weighted by Crippen LogP contribution is -2.40. The Morgan fingerprint density at radius 3 is 2.88 bits per heavy atom. The molecule has 1 aliphatic heterocycles. The third kappa shape index (κ3) is 3.87. The normalized spacial score (nSPS) is 16.2. The Morgan fingerprint density at radius 2 is 2.20 bits per heavy atom. The number of nitrogens with zero attached hydrogens (tertiary/aromatic N) is 4. The lowest BCUT2D eigenvalue weighted by Gasteiger charge is -2.21. The number of carbonyl (C=O) groups excluding carboxylic acids is 2. The predicted octanol–water partition coefficient (Wildman–Crippen LogP) is 1.58. The van der Waals surface area contributed by atoms with Gasteiger partial charge in [-0.1, -0.05) is 6.07 Å². The SMILES string of the molecule is C[C@H](NC(=O)Nc1cccc(N2CCNC2=O)c1)[C@H](C)n1cncn1. The van der Waals surface area contributed by atoms with Gasteiger partial charge in [0.2, 0.25) is 0 Å². The largest absolute Gasteiger partial charge is 0.336 e. The van der Waals surface area contributed by atoms with Crippen LogP contribution in [0.15, 0.2) is 36.9 Å². The van der Waals surface area contributed by atoms with Crippen LogP contribution in [0.2, 0.25) is 0 Å². The Kier molecular flexibility index (Phi) is 4.82. The molecule has 1 aliphatic rings. The van der Waals surface area contributed by atoms with Crippen molar-refractivity contribution in [2.24, 2.45) is 0 Å². The molecule has 1 aromatic heterocycles. The molecule has 0 spiro atoms. The van der Waals surface area contributed by atoms with Crippen molar-refractivity contribution in [1.82, 2.24) is 25.4 Å². The van der Waals surface area contributed by atoms with Gasteiger partial charge in [-0.25, -0.2) is 19.3 Å². The van der Waals surface area contributed by atoms with E-state index in [-0.39, 0.29) is 24.1 Å². The van der Waals surface area contributed by atoms with Crippen LogP contribution < -0.4 is 20.9 Å². The Labute approximate surface area is 145 Å². The summed E-state index contributed by atoms with van der Waals surface area (Å²) in [6, 6.07) is 6.57. The van der Waals surface area contributed by atoms with Crippen LogP contribution in [0.4, 0.5) is 21.0 Å². The second kappa shape index (κ2) is 7.20. The number of hydrogen-bond acceptors (Lipinski definition) is 4. The number of urea groups is 2. The van der Waals surface area contributed by atoms with Crippen molar-refractivity contribution >= 4 is 23.4 Å². The van der Waals surface area contributed by atoms with Crippen molar-refractivity contribution in [3.05, 3.63) is 36.9 Å². The zero-order chi connectivity index (χ0) is 17.8. The molecular formula is C16H21N7O2. The maximum atomic E-state index is 12.2. The molecule has 2 aromatic rings. The summed E-state index contributed by atoms with van der Waals surface area (Å²) in [6.07, 6.45) is 3.08. The monoisotopic (exact) mass is 343 g/mol. The minimum absolute atomic E-state index is 0.0344. The molecule has 0 radical (unpaired) electrons. The van der Waals surface area contributed by atoms with Crippen molar-refractivity contribution in [2.45, 2.75) is 25.9 Å². The van der Waals surface area contributed by atoms with E-state index in [9.17, 15) is 9.59 Å². The first-order valence-electron chi connectivity index (χ1n) is 8.11. The quantitative estimate of drug-likeness (QED) is 0.766. The molecule has 2 heterocycles. The van der Waals surface area contributed by atoms with E-state index in [0.717, 1.165) is 5.69 Å². The highest BCUT2D eigenvalue weighted by molar-refractivity contribution is 5.95. The molecule has 9 heteroatoms. The van der Waals surface area contributed by atoms with E-state index in [1.54, 1.807) is 34.1 Å². The minimum atomic E-state index is -0.317. The van der Waals surface area contributed by atoms with Crippen LogP contribution in [-0.4, -0.2) is 46.0 Å². The Balaban J connectivity index is 1.60. The summed E-state index contributed by atoms with van der Waals surface area (Å²) < 4.78 is 1.69. The second-order valence-corrected chi connectivity index (χ2v) is 5.94. The van der Waals surface area contributed by atoms with E-state index in [1.807, 2.05) is 19.9 Å². The van der Waals surface area contributed by atoms with Gasteiger partial charge in [0.15, 0.2) is 0 Å². The topological polar surface area (TPSA) is 104 Å². The average Bonchev–Trinajstić information content (AvgIpc) is 3.25. The highest BCUT2D eigenvalue weighted by atomic mass is 16.2. The van der Waals surface area contributed by atoms with E-state index in [0.29, 0.717) is 18.8 Å². The average molecular weight is 343 g/mol. The summed E-state index contributed by atoms with van der Waals surface area (Å²) in [5.74, 6) is 0. The standard InChI is InChI=1S/C16H21N7O2/c1-11(12(2)23-10-17-9-19-23)20-15(24)21-13-4-3-5-14(8-13)22-7-6-18-16(22)25/h3-5,8-12H,6-7H2,1-2H3,(H,18,25)(H2,20,21,24)/t11-,12-/m0/s1. The van der Waals surface area contributed by atoms with Crippen molar-refractivity contribution in [2.75, 3.05) is 23.3 Å². The summed E-state index contributed by atoms with van der Waals surface area (Å²) in [5.41, 5.74) is 1.37. The lowest BCUT2D eigenvalue weighted by atomic mass is 10.2. The third-order valence-corrected chi connectivity index (χ3v) is 4.21. The first-order valence-corrected chi connectivity index (χ1v) is 8.11. The number of amides is 4. The zero-order valence-corrected chi connectivity index (χ0v) is 14.1.